The summed E-state index contributed by atoms with van der Waals surface area (Å²) < 4.78 is 0. The molecule has 0 bridgehead atoms. The molecule has 20 heavy (non-hydrogen) atoms. The third-order valence-electron chi connectivity index (χ3n) is 3.99. The van der Waals surface area contributed by atoms with Gasteiger partial charge in [0, 0.05) is 40.8 Å². The first-order valence-electron chi connectivity index (χ1n) is 7.51. The highest BCUT2D eigenvalue weighted by Crippen LogP contribution is 2.31. The van der Waals surface area contributed by atoms with Crippen LogP contribution in [0.15, 0.2) is 18.2 Å². The van der Waals surface area contributed by atoms with Gasteiger partial charge >= 0.3 is 0 Å². The monoisotopic (exact) mass is 312 g/mol. The first-order chi connectivity index (χ1) is 9.63. The van der Waals surface area contributed by atoms with Gasteiger partial charge in [-0.2, -0.15) is 11.8 Å². The molecule has 0 radical (unpaired) electrons. The number of thioether (sulfide) groups is 1. The second kappa shape index (κ2) is 7.58. The molecular formula is C16H25ClN2S. The second-order valence-electron chi connectivity index (χ2n) is 5.46. The predicted octanol–water partition coefficient (Wildman–Crippen LogP) is 4.17. The zero-order valence-corrected chi connectivity index (χ0v) is 14.2. The van der Waals surface area contributed by atoms with Crippen molar-refractivity contribution in [3.05, 3.63) is 28.8 Å². The molecule has 1 aliphatic heterocycles. The molecule has 0 aliphatic carbocycles. The summed E-state index contributed by atoms with van der Waals surface area (Å²) in [6.07, 6.45) is 1.15. The molecule has 1 heterocycles. The maximum Gasteiger partial charge on any atom is 0.0471 e. The summed E-state index contributed by atoms with van der Waals surface area (Å²) in [6.45, 7) is 9.80. The highest BCUT2D eigenvalue weighted by atomic mass is 35.5. The molecule has 2 unspecified atom stereocenters. The Kier molecular flexibility index (Phi) is 6.06. The van der Waals surface area contributed by atoms with Crippen LogP contribution in [0.4, 0.5) is 5.69 Å². The minimum atomic E-state index is 0.564. The second-order valence-corrected chi connectivity index (χ2v) is 7.35. The normalized spacial score (nSPS) is 23.1. The van der Waals surface area contributed by atoms with Crippen molar-refractivity contribution in [2.75, 3.05) is 23.7 Å². The van der Waals surface area contributed by atoms with Gasteiger partial charge in [0.2, 0.25) is 0 Å². The van der Waals surface area contributed by atoms with E-state index in [-0.39, 0.29) is 0 Å². The zero-order valence-electron chi connectivity index (χ0n) is 12.7. The van der Waals surface area contributed by atoms with Gasteiger partial charge in [0.15, 0.2) is 0 Å². The van der Waals surface area contributed by atoms with Crippen molar-refractivity contribution >= 4 is 29.1 Å². The average molecular weight is 313 g/mol. The summed E-state index contributed by atoms with van der Waals surface area (Å²) in [5.41, 5.74) is 2.45. The van der Waals surface area contributed by atoms with E-state index >= 15 is 0 Å². The Morgan fingerprint density at radius 3 is 2.90 bits per heavy atom. The van der Waals surface area contributed by atoms with Gasteiger partial charge in [-0.3, -0.25) is 0 Å². The molecule has 1 aromatic carbocycles. The number of hydrogen-bond donors (Lipinski definition) is 1. The van der Waals surface area contributed by atoms with E-state index in [4.69, 9.17) is 11.6 Å². The standard InChI is InChI=1S/C16H25ClN2S/c1-4-7-18-11-14-5-6-15(10-16(14)17)19-8-9-20-13(3)12(19)2/h5-6,10,12-13,18H,4,7-9,11H2,1-3H3. The van der Waals surface area contributed by atoms with Crippen LogP contribution in [-0.2, 0) is 6.54 Å². The maximum absolute atomic E-state index is 6.44. The lowest BCUT2D eigenvalue weighted by Crippen LogP contribution is -2.44. The van der Waals surface area contributed by atoms with Crippen LogP contribution in [0.25, 0.3) is 0 Å². The maximum atomic E-state index is 6.44. The Labute approximate surface area is 132 Å². The van der Waals surface area contributed by atoms with E-state index in [1.807, 2.05) is 0 Å². The van der Waals surface area contributed by atoms with E-state index in [1.54, 1.807) is 0 Å². The van der Waals surface area contributed by atoms with Gasteiger partial charge in [0.05, 0.1) is 0 Å². The molecule has 1 saturated heterocycles. The SMILES string of the molecule is CCCNCc1ccc(N2CCSC(C)C2C)cc1Cl. The zero-order chi connectivity index (χ0) is 14.5. The van der Waals surface area contributed by atoms with Gasteiger partial charge in [-0.25, -0.2) is 0 Å². The first kappa shape index (κ1) is 16.0. The van der Waals surface area contributed by atoms with Crippen molar-refractivity contribution in [3.8, 4) is 0 Å². The fourth-order valence-electron chi connectivity index (χ4n) is 2.56. The molecule has 1 N–H and O–H groups in total. The Hall–Kier alpha value is -0.380. The minimum Gasteiger partial charge on any atom is -0.367 e. The van der Waals surface area contributed by atoms with Gasteiger partial charge in [-0.1, -0.05) is 31.5 Å². The van der Waals surface area contributed by atoms with Crippen LogP contribution in [0.2, 0.25) is 5.02 Å². The van der Waals surface area contributed by atoms with Crippen molar-refractivity contribution in [2.24, 2.45) is 0 Å². The summed E-state index contributed by atoms with van der Waals surface area (Å²) in [7, 11) is 0. The topological polar surface area (TPSA) is 15.3 Å². The van der Waals surface area contributed by atoms with E-state index in [0.29, 0.717) is 11.3 Å². The number of hydrogen-bond acceptors (Lipinski definition) is 3. The molecule has 1 aromatic rings. The highest BCUT2D eigenvalue weighted by Gasteiger charge is 2.25. The van der Waals surface area contributed by atoms with Crippen molar-refractivity contribution in [1.29, 1.82) is 0 Å². The number of rotatable bonds is 5. The lowest BCUT2D eigenvalue weighted by Gasteiger charge is -2.39. The Bertz CT molecular complexity index is 438. The van der Waals surface area contributed by atoms with E-state index < -0.39 is 0 Å². The Balaban J connectivity index is 2.08. The molecule has 2 nitrogen and oxygen atoms in total. The van der Waals surface area contributed by atoms with Crippen LogP contribution in [0, 0.1) is 0 Å². The smallest absolute Gasteiger partial charge is 0.0471 e. The molecule has 0 amide bonds. The number of nitrogens with zero attached hydrogens (tertiary/aromatic N) is 1. The third-order valence-corrected chi connectivity index (χ3v) is 5.68. The molecule has 112 valence electrons. The fourth-order valence-corrected chi connectivity index (χ4v) is 3.90. The van der Waals surface area contributed by atoms with E-state index in [1.165, 1.54) is 17.0 Å². The predicted molar refractivity (Wildman–Crippen MR) is 92.2 cm³/mol. The van der Waals surface area contributed by atoms with Crippen molar-refractivity contribution < 1.29 is 0 Å². The average Bonchev–Trinajstić information content (AvgIpc) is 2.44. The van der Waals surface area contributed by atoms with Crippen LogP contribution < -0.4 is 10.2 Å². The first-order valence-corrected chi connectivity index (χ1v) is 8.93. The number of anilines is 1. The summed E-state index contributed by atoms with van der Waals surface area (Å²) >= 11 is 8.50. The highest BCUT2D eigenvalue weighted by molar-refractivity contribution is 8.00. The van der Waals surface area contributed by atoms with Crippen molar-refractivity contribution in [2.45, 2.75) is 45.0 Å². The van der Waals surface area contributed by atoms with Gasteiger partial charge < -0.3 is 10.2 Å². The molecule has 2 atom stereocenters. The lowest BCUT2D eigenvalue weighted by atomic mass is 10.1. The van der Waals surface area contributed by atoms with Gasteiger partial charge in [0.1, 0.15) is 0 Å². The Morgan fingerprint density at radius 2 is 2.20 bits per heavy atom. The van der Waals surface area contributed by atoms with E-state index in [9.17, 15) is 0 Å². The van der Waals surface area contributed by atoms with Crippen LogP contribution >= 0.6 is 23.4 Å². The van der Waals surface area contributed by atoms with Gasteiger partial charge in [0.25, 0.3) is 0 Å². The largest absolute Gasteiger partial charge is 0.367 e. The number of benzene rings is 1. The summed E-state index contributed by atoms with van der Waals surface area (Å²) in [5, 5.41) is 4.96. The van der Waals surface area contributed by atoms with E-state index in [0.717, 1.165) is 31.1 Å². The fraction of sp³-hybridized carbons (Fsp3) is 0.625. The molecule has 1 aliphatic rings. The van der Waals surface area contributed by atoms with Crippen LogP contribution in [0.1, 0.15) is 32.8 Å². The van der Waals surface area contributed by atoms with E-state index in [2.05, 4.69) is 60.9 Å². The van der Waals surface area contributed by atoms with Gasteiger partial charge in [-0.15, -0.1) is 0 Å². The molecule has 4 heteroatoms. The molecule has 0 saturated carbocycles. The molecular weight excluding hydrogens is 288 g/mol. The van der Waals surface area contributed by atoms with Crippen LogP contribution in [0.5, 0.6) is 0 Å². The molecule has 1 fully saturated rings. The Morgan fingerprint density at radius 1 is 1.40 bits per heavy atom. The molecule has 0 aromatic heterocycles. The number of halogens is 1. The van der Waals surface area contributed by atoms with Crippen molar-refractivity contribution in [1.82, 2.24) is 5.32 Å². The van der Waals surface area contributed by atoms with Crippen LogP contribution in [-0.4, -0.2) is 30.1 Å². The third kappa shape index (κ3) is 3.84. The lowest BCUT2D eigenvalue weighted by molar-refractivity contribution is 0.627. The summed E-state index contributed by atoms with van der Waals surface area (Å²) in [4.78, 5) is 2.48. The van der Waals surface area contributed by atoms with Crippen LogP contribution in [0.3, 0.4) is 0 Å². The summed E-state index contributed by atoms with van der Waals surface area (Å²) in [5.74, 6) is 1.20. The minimum absolute atomic E-state index is 0.564. The quantitative estimate of drug-likeness (QED) is 0.822. The number of nitrogens with one attached hydrogen (secondary N) is 1. The molecule has 2 rings (SSSR count). The van der Waals surface area contributed by atoms with Gasteiger partial charge in [-0.05, 0) is 37.6 Å². The van der Waals surface area contributed by atoms with Crippen molar-refractivity contribution in [3.63, 3.8) is 0 Å². The summed E-state index contributed by atoms with van der Waals surface area (Å²) in [6, 6.07) is 7.07. The molecule has 0 spiro atoms.